The molecule has 4 aromatic carbocycles. The van der Waals surface area contributed by atoms with Gasteiger partial charge in [-0.25, -0.2) is 9.59 Å². The summed E-state index contributed by atoms with van der Waals surface area (Å²) in [7, 11) is 19.2. The van der Waals surface area contributed by atoms with E-state index in [4.69, 9.17) is 28.4 Å². The highest BCUT2D eigenvalue weighted by molar-refractivity contribution is 5.86. The quantitative estimate of drug-likeness (QED) is 0.0187. The molecule has 0 radical (unpaired) electrons. The molecule has 0 fully saturated rings. The summed E-state index contributed by atoms with van der Waals surface area (Å²) in [5.41, 5.74) is 5.50. The minimum absolute atomic E-state index is 0.290. The van der Waals surface area contributed by atoms with Crippen LogP contribution in [0.1, 0.15) is 136 Å². The van der Waals surface area contributed by atoms with Gasteiger partial charge in [0.25, 0.3) is 0 Å². The average Bonchev–Trinajstić information content (AvgIpc) is 1.32. The van der Waals surface area contributed by atoms with Crippen molar-refractivity contribution in [3.05, 3.63) is 168 Å². The van der Waals surface area contributed by atoms with Gasteiger partial charge >= 0.3 is 11.9 Å². The Labute approximate surface area is 584 Å². The summed E-state index contributed by atoms with van der Waals surface area (Å²) >= 11 is 0. The zero-order valence-electron chi connectivity index (χ0n) is 64.6. The van der Waals surface area contributed by atoms with Crippen LogP contribution in [0.3, 0.4) is 0 Å². The maximum Gasteiger partial charge on any atom is 0.333 e. The number of rotatable bonds is 44. The fraction of sp³-hybridized carbons (Fsp3) is 0.630. The van der Waals surface area contributed by atoms with Gasteiger partial charge in [0.05, 0.1) is 201 Å². The molecule has 0 saturated carbocycles. The molecule has 95 heavy (non-hydrogen) atoms. The molecule has 1 unspecified atom stereocenters. The van der Waals surface area contributed by atoms with Gasteiger partial charge in [-0.3, -0.25) is 0 Å². The van der Waals surface area contributed by atoms with Crippen LogP contribution < -0.4 is 0 Å². The normalized spacial score (nSPS) is 12.0. The van der Waals surface area contributed by atoms with Crippen molar-refractivity contribution in [1.29, 1.82) is 0 Å². The van der Waals surface area contributed by atoms with Crippen LogP contribution in [0, 0.1) is 0 Å². The standard InChI is InChI=1S/C18H32NO.C17H30NO.C15H26NO.C12H20NO.C10H20NO2.C9H18NO2/c1-4-7-14-19(6-3,13-5-2)15-16-20-17-18-11-9-8-10-12-18;1-4-12-18(6-3,13-5-2)14-15-19-16-17-10-8-7-9-11-17;1-4-16(5-2,6-3)12-13-17-14-15-10-8-7-9-11-15;1-13(2,3)9-10-14-11-12-7-5-4-6-8-12;1-9(2)10(12)13-8-6-7-11(3,4)5;1-5-9(11)12-8-6-7-10(2,3)4/h8-12H,4-7,13-17H2,1-3H3;7-11H,4-6,12-16H2,1-3H3;7-11H,4-6,12-14H2,1-3H3;4-8H,9-11H2,1-3H3;1,6-8H2,2-5H3;5H,1,6-8H2,2-4H3/q6*+1. The summed E-state index contributed by atoms with van der Waals surface area (Å²) in [6, 6.07) is 41.6. The molecule has 4 aromatic rings. The first-order valence-corrected chi connectivity index (χ1v) is 36.2. The van der Waals surface area contributed by atoms with Crippen LogP contribution in [-0.2, 0) is 64.4 Å². The Kier molecular flexibility index (Phi) is 54.1. The molecule has 542 valence electrons. The molecule has 0 aromatic heterocycles. The zero-order chi connectivity index (χ0) is 71.8. The van der Waals surface area contributed by atoms with E-state index in [9.17, 15) is 9.59 Å². The van der Waals surface area contributed by atoms with Gasteiger partial charge in [-0.2, -0.15) is 0 Å². The zero-order valence-corrected chi connectivity index (χ0v) is 64.6. The first-order chi connectivity index (χ1) is 45.1. The van der Waals surface area contributed by atoms with Gasteiger partial charge < -0.3 is 55.3 Å². The van der Waals surface area contributed by atoms with Gasteiger partial charge in [0, 0.05) is 24.5 Å². The van der Waals surface area contributed by atoms with Crippen molar-refractivity contribution in [3.8, 4) is 0 Å². The molecule has 0 heterocycles. The second-order valence-electron chi connectivity index (χ2n) is 28.2. The number of carbonyl (C=O) groups excluding carboxylic acids is 2. The molecule has 4 rings (SSSR count). The number of likely N-dealkylation sites (N-methyl/N-ethyl adjacent to an activating group) is 4. The van der Waals surface area contributed by atoms with Crippen molar-refractivity contribution in [2.45, 2.75) is 141 Å². The Hall–Kier alpha value is -5.10. The lowest BCUT2D eigenvalue weighted by molar-refractivity contribution is -0.927. The Bertz CT molecular complexity index is 2410. The third-order valence-corrected chi connectivity index (χ3v) is 16.9. The Morgan fingerprint density at radius 3 is 0.895 bits per heavy atom. The molecular formula is C81H146N6O8+6. The maximum absolute atomic E-state index is 10.9. The molecule has 0 aliphatic carbocycles. The fourth-order valence-corrected chi connectivity index (χ4v) is 10.4. The van der Waals surface area contributed by atoms with E-state index >= 15 is 0 Å². The summed E-state index contributed by atoms with van der Waals surface area (Å²) in [5, 5.41) is 0. The predicted molar refractivity (Wildman–Crippen MR) is 403 cm³/mol. The second-order valence-corrected chi connectivity index (χ2v) is 28.2. The largest absolute Gasteiger partial charge is 0.462 e. The lowest BCUT2D eigenvalue weighted by atomic mass is 10.2. The number of unbranched alkanes of at least 4 members (excludes halogenated alkanes) is 1. The molecule has 14 heteroatoms. The molecule has 14 nitrogen and oxygen atoms in total. The second kappa shape index (κ2) is 55.8. The van der Waals surface area contributed by atoms with Crippen LogP contribution in [0.5, 0.6) is 0 Å². The van der Waals surface area contributed by atoms with Crippen LogP contribution in [0.4, 0.5) is 0 Å². The van der Waals surface area contributed by atoms with E-state index in [1.165, 1.54) is 128 Å². The minimum Gasteiger partial charge on any atom is -0.462 e. The Morgan fingerprint density at radius 1 is 0.347 bits per heavy atom. The van der Waals surface area contributed by atoms with Crippen molar-refractivity contribution < 1.29 is 64.9 Å². The van der Waals surface area contributed by atoms with E-state index in [1.54, 1.807) is 6.92 Å². The molecule has 0 saturated heterocycles. The molecular weight excluding hydrogens is 1180 g/mol. The predicted octanol–water partition coefficient (Wildman–Crippen LogP) is 15.1. The number of hydrogen-bond donors (Lipinski definition) is 0. The van der Waals surface area contributed by atoms with Gasteiger partial charge in [0.2, 0.25) is 0 Å². The Morgan fingerprint density at radius 2 is 0.632 bits per heavy atom. The summed E-state index contributed by atoms with van der Waals surface area (Å²) in [4.78, 5) is 21.5. The van der Waals surface area contributed by atoms with E-state index in [-0.39, 0.29) is 11.9 Å². The smallest absolute Gasteiger partial charge is 0.333 e. The topological polar surface area (TPSA) is 89.5 Å². The molecule has 0 aliphatic rings. The van der Waals surface area contributed by atoms with Gasteiger partial charge in [0.1, 0.15) is 26.2 Å². The van der Waals surface area contributed by atoms with Gasteiger partial charge in [0.15, 0.2) is 0 Å². The van der Waals surface area contributed by atoms with Crippen molar-refractivity contribution in [2.75, 3.05) is 201 Å². The monoisotopic (exact) mass is 1330 g/mol. The summed E-state index contributed by atoms with van der Waals surface area (Å²) in [6.45, 7) is 54.0. The highest BCUT2D eigenvalue weighted by Crippen LogP contribution is 2.14. The number of hydrogen-bond acceptors (Lipinski definition) is 8. The lowest BCUT2D eigenvalue weighted by Crippen LogP contribution is -2.51. The first-order valence-electron chi connectivity index (χ1n) is 36.2. The van der Waals surface area contributed by atoms with Crippen molar-refractivity contribution in [1.82, 2.24) is 0 Å². The third-order valence-electron chi connectivity index (χ3n) is 16.9. The number of quaternary nitrogens is 6. The van der Waals surface area contributed by atoms with Crippen LogP contribution in [0.2, 0.25) is 0 Å². The molecule has 0 bridgehead atoms. The van der Waals surface area contributed by atoms with E-state index in [2.05, 4.69) is 230 Å². The van der Waals surface area contributed by atoms with Gasteiger partial charge in [-0.05, 0) is 89.5 Å². The molecule has 0 amide bonds. The van der Waals surface area contributed by atoms with E-state index in [0.29, 0.717) is 18.8 Å². The number of ether oxygens (including phenoxy) is 6. The van der Waals surface area contributed by atoms with E-state index < -0.39 is 0 Å². The lowest BCUT2D eigenvalue weighted by Gasteiger charge is -2.37. The number of nitrogens with zero attached hydrogens (tertiary/aromatic N) is 6. The first kappa shape index (κ1) is 92.0. The summed E-state index contributed by atoms with van der Waals surface area (Å²) < 4.78 is 39.2. The van der Waals surface area contributed by atoms with Gasteiger partial charge in [-0.1, -0.05) is 169 Å². The molecule has 0 aliphatic heterocycles. The summed E-state index contributed by atoms with van der Waals surface area (Å²) in [5.74, 6) is -0.627. The van der Waals surface area contributed by atoms with Crippen LogP contribution >= 0.6 is 0 Å². The Balaban J connectivity index is 0. The van der Waals surface area contributed by atoms with E-state index in [1.807, 2.05) is 30.3 Å². The number of benzene rings is 4. The molecule has 1 atom stereocenters. The third kappa shape index (κ3) is 52.7. The number of carbonyl (C=O) groups is 2. The highest BCUT2D eigenvalue weighted by Gasteiger charge is 2.25. The molecule has 0 spiro atoms. The van der Waals surface area contributed by atoms with Crippen molar-refractivity contribution in [2.24, 2.45) is 0 Å². The fourth-order valence-electron chi connectivity index (χ4n) is 10.4. The highest BCUT2D eigenvalue weighted by atomic mass is 16.5. The molecule has 0 N–H and O–H groups in total. The van der Waals surface area contributed by atoms with Crippen LogP contribution in [-0.4, -0.2) is 240 Å². The SMILES string of the molecule is C=C(C)C(=O)OCCC[N+](C)(C)C.C=CC(=O)OCCC[N+](C)(C)C.CCCC[N+](CC)(CCC)CCOCc1ccccc1.CCC[N+](CC)(CCC)CCOCc1ccccc1.CC[N+](CC)(CC)CCOCc1ccccc1.C[N+](C)(C)CCOCc1ccccc1. The van der Waals surface area contributed by atoms with Crippen LogP contribution in [0.15, 0.2) is 146 Å². The summed E-state index contributed by atoms with van der Waals surface area (Å²) in [6.07, 6.45) is 9.36. The van der Waals surface area contributed by atoms with Crippen molar-refractivity contribution in [3.63, 3.8) is 0 Å². The maximum atomic E-state index is 10.9. The van der Waals surface area contributed by atoms with E-state index in [0.717, 1.165) is 123 Å². The van der Waals surface area contributed by atoms with Crippen molar-refractivity contribution >= 4 is 11.9 Å². The van der Waals surface area contributed by atoms with Gasteiger partial charge in [-0.15, -0.1) is 0 Å². The minimum atomic E-state index is -0.337. The number of esters is 2. The van der Waals surface area contributed by atoms with Crippen LogP contribution in [0.25, 0.3) is 0 Å². The average molecular weight is 1330 g/mol.